The quantitative estimate of drug-likeness (QED) is 0.725. The maximum atomic E-state index is 12.8. The van der Waals surface area contributed by atoms with Crippen LogP contribution in [0.4, 0.5) is 5.69 Å². The molecule has 1 aliphatic heterocycles. The number of amides is 1. The molecule has 2 aromatic carbocycles. The van der Waals surface area contributed by atoms with Crippen molar-refractivity contribution in [2.75, 3.05) is 18.7 Å². The summed E-state index contributed by atoms with van der Waals surface area (Å²) in [4.78, 5) is 12.8. The van der Waals surface area contributed by atoms with E-state index in [0.717, 1.165) is 5.56 Å². The Morgan fingerprint density at radius 3 is 2.54 bits per heavy atom. The summed E-state index contributed by atoms with van der Waals surface area (Å²) in [7, 11) is 1.59. The normalized spacial score (nSPS) is 15.4. The lowest BCUT2D eigenvalue weighted by Gasteiger charge is -2.12. The summed E-state index contributed by atoms with van der Waals surface area (Å²) in [6.45, 7) is 4.28. The fourth-order valence-electron chi connectivity index (χ4n) is 2.66. The van der Waals surface area contributed by atoms with Crippen LogP contribution < -0.4 is 14.5 Å². The minimum absolute atomic E-state index is 0.183. The molecule has 0 fully saturated rings. The number of ether oxygens (including phenoxy) is 2. The number of methoxy groups -OCH3 is 1. The van der Waals surface area contributed by atoms with Gasteiger partial charge in [-0.3, -0.25) is 4.79 Å². The van der Waals surface area contributed by atoms with E-state index in [1.54, 1.807) is 37.5 Å². The van der Waals surface area contributed by atoms with Crippen molar-refractivity contribution in [2.24, 2.45) is 5.10 Å². The average molecular weight is 371 g/mol. The fourth-order valence-corrected chi connectivity index (χ4v) is 2.78. The van der Waals surface area contributed by atoms with E-state index in [9.17, 15) is 4.79 Å². The predicted octanol–water partition coefficient (Wildman–Crippen LogP) is 4.55. The van der Waals surface area contributed by atoms with Gasteiger partial charge in [0, 0.05) is 5.02 Å². The SMILES string of the molecule is CCOc1ccc(/C=C2\C(=O)N(c3ccc(Cl)cc3)N=C2C)cc1OC. The molecule has 1 heterocycles. The third-order valence-corrected chi connectivity index (χ3v) is 4.18. The van der Waals surface area contributed by atoms with Crippen LogP contribution in [0.2, 0.25) is 5.02 Å². The molecule has 0 saturated heterocycles. The first-order valence-electron chi connectivity index (χ1n) is 8.21. The van der Waals surface area contributed by atoms with Crippen molar-refractivity contribution in [1.82, 2.24) is 0 Å². The van der Waals surface area contributed by atoms with Crippen LogP contribution in [-0.2, 0) is 4.79 Å². The Balaban J connectivity index is 1.91. The molecule has 0 N–H and O–H groups in total. The molecule has 0 aromatic heterocycles. The number of carbonyl (C=O) groups excluding carboxylic acids is 1. The van der Waals surface area contributed by atoms with Crippen molar-refractivity contribution in [2.45, 2.75) is 13.8 Å². The van der Waals surface area contributed by atoms with E-state index in [1.807, 2.05) is 32.0 Å². The number of nitrogens with zero attached hydrogens (tertiary/aromatic N) is 2. The molecule has 0 aliphatic carbocycles. The van der Waals surface area contributed by atoms with E-state index in [0.29, 0.717) is 40.1 Å². The van der Waals surface area contributed by atoms with Crippen LogP contribution in [0.25, 0.3) is 6.08 Å². The molecule has 6 heteroatoms. The van der Waals surface area contributed by atoms with E-state index in [1.165, 1.54) is 5.01 Å². The Hall–Kier alpha value is -2.79. The number of rotatable bonds is 5. The first-order valence-corrected chi connectivity index (χ1v) is 8.59. The van der Waals surface area contributed by atoms with Gasteiger partial charge >= 0.3 is 0 Å². The second kappa shape index (κ2) is 7.62. The van der Waals surface area contributed by atoms with Gasteiger partial charge in [0.25, 0.3) is 5.91 Å². The van der Waals surface area contributed by atoms with E-state index >= 15 is 0 Å². The van der Waals surface area contributed by atoms with Crippen LogP contribution in [0.15, 0.2) is 53.1 Å². The molecule has 0 saturated carbocycles. The molecule has 26 heavy (non-hydrogen) atoms. The zero-order chi connectivity index (χ0) is 18.7. The predicted molar refractivity (Wildman–Crippen MR) is 104 cm³/mol. The Morgan fingerprint density at radius 1 is 1.15 bits per heavy atom. The summed E-state index contributed by atoms with van der Waals surface area (Å²) in [5.74, 6) is 1.11. The number of anilines is 1. The lowest BCUT2D eigenvalue weighted by Crippen LogP contribution is -2.21. The summed E-state index contributed by atoms with van der Waals surface area (Å²) >= 11 is 5.91. The summed E-state index contributed by atoms with van der Waals surface area (Å²) in [6.07, 6.45) is 1.80. The van der Waals surface area contributed by atoms with Gasteiger partial charge in [-0.15, -0.1) is 0 Å². The van der Waals surface area contributed by atoms with Crippen molar-refractivity contribution >= 4 is 35.0 Å². The van der Waals surface area contributed by atoms with Crippen molar-refractivity contribution in [3.05, 3.63) is 58.6 Å². The maximum absolute atomic E-state index is 12.8. The van der Waals surface area contributed by atoms with Crippen LogP contribution in [0.5, 0.6) is 11.5 Å². The molecular formula is C20H19ClN2O3. The minimum Gasteiger partial charge on any atom is -0.493 e. The van der Waals surface area contributed by atoms with Gasteiger partial charge in [-0.25, -0.2) is 0 Å². The Bertz CT molecular complexity index is 888. The monoisotopic (exact) mass is 370 g/mol. The molecule has 1 aliphatic rings. The molecule has 0 unspecified atom stereocenters. The summed E-state index contributed by atoms with van der Waals surface area (Å²) in [5, 5.41) is 6.36. The third kappa shape index (κ3) is 3.58. The zero-order valence-corrected chi connectivity index (χ0v) is 15.6. The Labute approximate surface area is 157 Å². The van der Waals surface area contributed by atoms with Crippen molar-refractivity contribution in [1.29, 1.82) is 0 Å². The van der Waals surface area contributed by atoms with Crippen LogP contribution >= 0.6 is 11.6 Å². The number of carbonyl (C=O) groups is 1. The van der Waals surface area contributed by atoms with Crippen LogP contribution in [0, 0.1) is 0 Å². The van der Waals surface area contributed by atoms with Gasteiger partial charge in [0.15, 0.2) is 11.5 Å². The summed E-state index contributed by atoms with van der Waals surface area (Å²) in [6, 6.07) is 12.5. The van der Waals surface area contributed by atoms with Gasteiger partial charge in [-0.05, 0) is 61.9 Å². The van der Waals surface area contributed by atoms with Crippen molar-refractivity contribution < 1.29 is 14.3 Å². The molecule has 134 valence electrons. The highest BCUT2D eigenvalue weighted by atomic mass is 35.5. The molecule has 0 bridgehead atoms. The second-order valence-corrected chi connectivity index (χ2v) is 6.12. The van der Waals surface area contributed by atoms with Crippen molar-refractivity contribution in [3.8, 4) is 11.5 Å². The first-order chi connectivity index (χ1) is 12.5. The number of halogens is 1. The summed E-state index contributed by atoms with van der Waals surface area (Å²) < 4.78 is 10.9. The van der Waals surface area contributed by atoms with Crippen molar-refractivity contribution in [3.63, 3.8) is 0 Å². The smallest absolute Gasteiger partial charge is 0.280 e. The lowest BCUT2D eigenvalue weighted by atomic mass is 10.1. The van der Waals surface area contributed by atoms with Gasteiger partial charge in [0.1, 0.15) is 0 Å². The lowest BCUT2D eigenvalue weighted by molar-refractivity contribution is -0.114. The Morgan fingerprint density at radius 2 is 1.88 bits per heavy atom. The highest BCUT2D eigenvalue weighted by Crippen LogP contribution is 2.30. The number of hydrazone groups is 1. The van der Waals surface area contributed by atoms with E-state index in [-0.39, 0.29) is 5.91 Å². The number of benzene rings is 2. The third-order valence-electron chi connectivity index (χ3n) is 3.93. The standard InChI is InChI=1S/C20H19ClN2O3/c1-4-26-18-10-5-14(12-19(18)25-3)11-17-13(2)22-23(20(17)24)16-8-6-15(21)7-9-16/h5-12H,4H2,1-3H3/b17-11-. The van der Waals surface area contributed by atoms with E-state index in [2.05, 4.69) is 5.10 Å². The van der Waals surface area contributed by atoms with E-state index < -0.39 is 0 Å². The average Bonchev–Trinajstić information content (AvgIpc) is 2.92. The van der Waals surface area contributed by atoms with Gasteiger partial charge in [0.05, 0.1) is 30.7 Å². The number of hydrogen-bond acceptors (Lipinski definition) is 4. The molecule has 2 aromatic rings. The van der Waals surface area contributed by atoms with Gasteiger partial charge < -0.3 is 9.47 Å². The molecule has 3 rings (SSSR count). The highest BCUT2D eigenvalue weighted by molar-refractivity contribution is 6.32. The van der Waals surface area contributed by atoms with Crippen LogP contribution in [0.3, 0.4) is 0 Å². The van der Waals surface area contributed by atoms with Gasteiger partial charge in [-0.1, -0.05) is 17.7 Å². The maximum Gasteiger partial charge on any atom is 0.280 e. The largest absolute Gasteiger partial charge is 0.493 e. The molecule has 1 amide bonds. The topological polar surface area (TPSA) is 51.1 Å². The highest BCUT2D eigenvalue weighted by Gasteiger charge is 2.28. The minimum atomic E-state index is -0.183. The zero-order valence-electron chi connectivity index (χ0n) is 14.8. The van der Waals surface area contributed by atoms with Gasteiger partial charge in [-0.2, -0.15) is 10.1 Å². The first kappa shape index (κ1) is 18.0. The molecular weight excluding hydrogens is 352 g/mol. The number of hydrogen-bond donors (Lipinski definition) is 0. The molecule has 0 radical (unpaired) electrons. The Kier molecular flexibility index (Phi) is 5.28. The van der Waals surface area contributed by atoms with E-state index in [4.69, 9.17) is 21.1 Å². The second-order valence-electron chi connectivity index (χ2n) is 5.68. The summed E-state index contributed by atoms with van der Waals surface area (Å²) in [5.41, 5.74) is 2.69. The molecule has 0 atom stereocenters. The van der Waals surface area contributed by atoms with Crippen LogP contribution in [0.1, 0.15) is 19.4 Å². The van der Waals surface area contributed by atoms with Gasteiger partial charge in [0.2, 0.25) is 0 Å². The molecule has 5 nitrogen and oxygen atoms in total. The fraction of sp³-hybridized carbons (Fsp3) is 0.200. The van der Waals surface area contributed by atoms with Crippen LogP contribution in [-0.4, -0.2) is 25.3 Å². The molecule has 0 spiro atoms.